The van der Waals surface area contributed by atoms with Crippen molar-refractivity contribution in [3.8, 4) is 0 Å². The lowest BCUT2D eigenvalue weighted by atomic mass is 9.97. The highest BCUT2D eigenvalue weighted by Gasteiger charge is 2.25. The van der Waals surface area contributed by atoms with Gasteiger partial charge in [0.05, 0.1) is 10.8 Å². The van der Waals surface area contributed by atoms with Crippen molar-refractivity contribution >= 4 is 27.6 Å². The number of carboxylic acid groups (broad SMARTS) is 1. The van der Waals surface area contributed by atoms with Gasteiger partial charge in [-0.1, -0.05) is 31.5 Å². The molecule has 0 saturated heterocycles. The van der Waals surface area contributed by atoms with Crippen molar-refractivity contribution in [2.45, 2.75) is 25.7 Å². The van der Waals surface area contributed by atoms with Gasteiger partial charge in [0.25, 0.3) is 0 Å². The van der Waals surface area contributed by atoms with Gasteiger partial charge in [0, 0.05) is 11.6 Å². The Bertz CT molecular complexity index is 598. The van der Waals surface area contributed by atoms with Crippen molar-refractivity contribution in [1.29, 1.82) is 0 Å². The number of carbonyl (C=O) groups is 1. The zero-order valence-corrected chi connectivity index (χ0v) is 13.1. The minimum absolute atomic E-state index is 0.0675. The Labute approximate surface area is 124 Å². The predicted molar refractivity (Wildman–Crippen MR) is 77.3 cm³/mol. The summed E-state index contributed by atoms with van der Waals surface area (Å²) in [6.07, 6.45) is 0. The highest BCUT2D eigenvalue weighted by atomic mass is 35.5. The van der Waals surface area contributed by atoms with Crippen LogP contribution in [0.4, 0.5) is 0 Å². The summed E-state index contributed by atoms with van der Waals surface area (Å²) in [5.74, 6) is -1.97. The summed E-state index contributed by atoms with van der Waals surface area (Å²) in [6.45, 7) is 4.97. The van der Waals surface area contributed by atoms with Crippen LogP contribution in [0.3, 0.4) is 0 Å². The second-order valence-corrected chi connectivity index (χ2v) is 7.12. The van der Waals surface area contributed by atoms with E-state index in [0.717, 1.165) is 0 Å². The summed E-state index contributed by atoms with van der Waals surface area (Å²) in [6, 6.07) is 4.56. The molecule has 1 aromatic carbocycles. The molecule has 112 valence electrons. The first-order chi connectivity index (χ1) is 9.15. The van der Waals surface area contributed by atoms with Gasteiger partial charge in [0.2, 0.25) is 10.0 Å². The van der Waals surface area contributed by atoms with E-state index >= 15 is 0 Å². The standard InChI is InChI=1S/C13H18ClNO4S/c1-8(2)11(13(16)17)7-15-20(18,19)12-6-10(14)5-4-9(12)3/h4-6,8,11,15H,7H2,1-3H3,(H,16,17). The number of benzene rings is 1. The van der Waals surface area contributed by atoms with Gasteiger partial charge >= 0.3 is 5.97 Å². The maximum Gasteiger partial charge on any atom is 0.308 e. The molecule has 0 spiro atoms. The van der Waals surface area contributed by atoms with Crippen molar-refractivity contribution in [2.75, 3.05) is 6.54 Å². The van der Waals surface area contributed by atoms with Crippen LogP contribution < -0.4 is 4.72 Å². The van der Waals surface area contributed by atoms with E-state index in [1.54, 1.807) is 32.9 Å². The third-order valence-electron chi connectivity index (χ3n) is 3.05. The molecular formula is C13H18ClNO4S. The minimum atomic E-state index is -3.77. The average molecular weight is 320 g/mol. The smallest absolute Gasteiger partial charge is 0.308 e. The van der Waals surface area contributed by atoms with E-state index in [1.807, 2.05) is 0 Å². The topological polar surface area (TPSA) is 83.5 Å². The van der Waals surface area contributed by atoms with Crippen molar-refractivity contribution in [1.82, 2.24) is 4.72 Å². The molecule has 0 aliphatic carbocycles. The van der Waals surface area contributed by atoms with E-state index in [9.17, 15) is 13.2 Å². The van der Waals surface area contributed by atoms with Crippen molar-refractivity contribution in [3.63, 3.8) is 0 Å². The molecule has 20 heavy (non-hydrogen) atoms. The number of aryl methyl sites for hydroxylation is 1. The first-order valence-corrected chi connectivity index (χ1v) is 8.00. The van der Waals surface area contributed by atoms with Gasteiger partial charge in [-0.15, -0.1) is 0 Å². The van der Waals surface area contributed by atoms with Crippen LogP contribution in [-0.2, 0) is 14.8 Å². The lowest BCUT2D eigenvalue weighted by Crippen LogP contribution is -2.35. The molecule has 0 amide bonds. The maximum absolute atomic E-state index is 12.2. The number of hydrogen-bond donors (Lipinski definition) is 2. The van der Waals surface area contributed by atoms with Crippen LogP contribution in [0.25, 0.3) is 0 Å². The summed E-state index contributed by atoms with van der Waals surface area (Å²) >= 11 is 5.80. The number of rotatable bonds is 6. The van der Waals surface area contributed by atoms with Gasteiger partial charge in [0.15, 0.2) is 0 Å². The summed E-state index contributed by atoms with van der Waals surface area (Å²) in [4.78, 5) is 11.1. The number of carboxylic acids is 1. The van der Waals surface area contributed by atoms with Crippen LogP contribution in [0.2, 0.25) is 5.02 Å². The Morgan fingerprint density at radius 1 is 1.40 bits per heavy atom. The molecule has 1 atom stereocenters. The third kappa shape index (κ3) is 4.19. The van der Waals surface area contributed by atoms with Gasteiger partial charge in [-0.3, -0.25) is 4.79 Å². The number of halogens is 1. The predicted octanol–water partition coefficient (Wildman–Crippen LogP) is 2.28. The first kappa shape index (κ1) is 16.9. The molecule has 1 aromatic rings. The molecule has 1 unspecified atom stereocenters. The summed E-state index contributed by atoms with van der Waals surface area (Å²) in [5.41, 5.74) is 0.554. The van der Waals surface area contributed by atoms with Crippen molar-refractivity contribution in [3.05, 3.63) is 28.8 Å². The molecule has 1 rings (SSSR count). The number of hydrogen-bond acceptors (Lipinski definition) is 3. The minimum Gasteiger partial charge on any atom is -0.481 e. The fourth-order valence-electron chi connectivity index (χ4n) is 1.75. The number of nitrogens with one attached hydrogen (secondary N) is 1. The largest absolute Gasteiger partial charge is 0.481 e. The van der Waals surface area contributed by atoms with Crippen molar-refractivity contribution < 1.29 is 18.3 Å². The Morgan fingerprint density at radius 2 is 2.00 bits per heavy atom. The third-order valence-corrected chi connectivity index (χ3v) is 4.86. The lowest BCUT2D eigenvalue weighted by Gasteiger charge is -2.17. The zero-order chi connectivity index (χ0) is 15.5. The fraction of sp³-hybridized carbons (Fsp3) is 0.462. The van der Waals surface area contributed by atoms with Crippen LogP contribution in [-0.4, -0.2) is 26.0 Å². The summed E-state index contributed by atoms with van der Waals surface area (Å²) in [5, 5.41) is 9.37. The molecule has 0 fully saturated rings. The van der Waals surface area contributed by atoms with E-state index in [-0.39, 0.29) is 17.4 Å². The molecule has 2 N–H and O–H groups in total. The molecule has 5 nitrogen and oxygen atoms in total. The van der Waals surface area contributed by atoms with Crippen LogP contribution >= 0.6 is 11.6 Å². The molecule has 0 aliphatic heterocycles. The highest BCUT2D eigenvalue weighted by molar-refractivity contribution is 7.89. The number of sulfonamides is 1. The monoisotopic (exact) mass is 319 g/mol. The van der Waals surface area contributed by atoms with Crippen LogP contribution in [0, 0.1) is 18.8 Å². The SMILES string of the molecule is Cc1ccc(Cl)cc1S(=O)(=O)NCC(C(=O)O)C(C)C. The summed E-state index contributed by atoms with van der Waals surface area (Å²) < 4.78 is 26.7. The molecule has 0 aliphatic rings. The van der Waals surface area contributed by atoms with Gasteiger partial charge in [-0.2, -0.15) is 0 Å². The van der Waals surface area contributed by atoms with Crippen LogP contribution in [0.1, 0.15) is 19.4 Å². The zero-order valence-electron chi connectivity index (χ0n) is 11.6. The fourth-order valence-corrected chi connectivity index (χ4v) is 3.31. The Morgan fingerprint density at radius 3 is 2.50 bits per heavy atom. The van der Waals surface area contributed by atoms with E-state index in [1.165, 1.54) is 6.07 Å². The molecule has 0 radical (unpaired) electrons. The normalized spacial score (nSPS) is 13.4. The van der Waals surface area contributed by atoms with E-state index in [4.69, 9.17) is 16.7 Å². The quantitative estimate of drug-likeness (QED) is 0.842. The molecule has 0 heterocycles. The van der Waals surface area contributed by atoms with Crippen LogP contribution in [0.15, 0.2) is 23.1 Å². The van der Waals surface area contributed by atoms with Gasteiger partial charge in [-0.05, 0) is 30.5 Å². The summed E-state index contributed by atoms with van der Waals surface area (Å²) in [7, 11) is -3.77. The molecule has 0 saturated carbocycles. The van der Waals surface area contributed by atoms with E-state index in [0.29, 0.717) is 10.6 Å². The molecule has 0 bridgehead atoms. The average Bonchev–Trinajstić information content (AvgIpc) is 2.31. The van der Waals surface area contributed by atoms with Gasteiger partial charge in [0.1, 0.15) is 0 Å². The first-order valence-electron chi connectivity index (χ1n) is 6.13. The second kappa shape index (κ2) is 6.56. The second-order valence-electron chi connectivity index (χ2n) is 4.95. The Kier molecular flexibility index (Phi) is 5.56. The van der Waals surface area contributed by atoms with Gasteiger partial charge < -0.3 is 5.11 Å². The van der Waals surface area contributed by atoms with Crippen molar-refractivity contribution in [2.24, 2.45) is 11.8 Å². The number of aliphatic carboxylic acids is 1. The van der Waals surface area contributed by atoms with E-state index in [2.05, 4.69) is 4.72 Å². The Balaban J connectivity index is 2.95. The lowest BCUT2D eigenvalue weighted by molar-refractivity contribution is -0.142. The molecular weight excluding hydrogens is 302 g/mol. The van der Waals surface area contributed by atoms with Crippen LogP contribution in [0.5, 0.6) is 0 Å². The molecule has 7 heteroatoms. The van der Waals surface area contributed by atoms with E-state index < -0.39 is 21.9 Å². The van der Waals surface area contributed by atoms with Gasteiger partial charge in [-0.25, -0.2) is 13.1 Å². The highest BCUT2D eigenvalue weighted by Crippen LogP contribution is 2.20. The Hall–Kier alpha value is -1.11. The maximum atomic E-state index is 12.2. The molecule has 0 aromatic heterocycles.